The van der Waals surface area contributed by atoms with Gasteiger partial charge in [-0.05, 0) is 27.2 Å². The molecule has 0 saturated heterocycles. The standard InChI is InChI=1S/C55H110N2O26/c1-55(2,3)83-54(59)57-6-4-7-60-9-11-62-13-15-64-17-19-66-21-23-68-25-27-70-29-31-72-33-35-74-37-39-76-41-43-78-45-47-80-49-51-82-52-50-81-48-46-79-44-42-77-40-38-75-36-34-73-32-30-71-28-26-69-24-22-67-20-18-65-16-14-63-12-10-61-8-5-53(56)58/h4-52H2,1-3H3,(H2,56,58)(H,57,59). The van der Waals surface area contributed by atoms with Gasteiger partial charge in [-0.3, -0.25) is 4.79 Å². The van der Waals surface area contributed by atoms with Crippen molar-refractivity contribution in [3.05, 3.63) is 0 Å². The number of nitrogens with two attached hydrogens (primary N) is 1. The van der Waals surface area contributed by atoms with Gasteiger partial charge in [-0.15, -0.1) is 0 Å². The molecule has 0 spiro atoms. The highest BCUT2D eigenvalue weighted by atomic mass is 16.6. The fourth-order valence-corrected chi connectivity index (χ4v) is 5.79. The minimum atomic E-state index is -0.504. The molecule has 496 valence electrons. The van der Waals surface area contributed by atoms with Gasteiger partial charge in [0, 0.05) is 19.6 Å². The van der Waals surface area contributed by atoms with E-state index in [-0.39, 0.29) is 12.3 Å². The summed E-state index contributed by atoms with van der Waals surface area (Å²) in [5.41, 5.74) is 4.53. The summed E-state index contributed by atoms with van der Waals surface area (Å²) >= 11 is 0. The van der Waals surface area contributed by atoms with E-state index in [2.05, 4.69) is 5.32 Å². The van der Waals surface area contributed by atoms with E-state index in [1.54, 1.807) is 0 Å². The third-order valence-corrected chi connectivity index (χ3v) is 9.81. The molecule has 0 fully saturated rings. The highest BCUT2D eigenvalue weighted by Gasteiger charge is 2.15. The second kappa shape index (κ2) is 70.6. The van der Waals surface area contributed by atoms with Gasteiger partial charge in [0.2, 0.25) is 5.91 Å². The molecule has 0 aromatic heterocycles. The lowest BCUT2D eigenvalue weighted by Crippen LogP contribution is -2.33. The molecule has 0 bridgehead atoms. The highest BCUT2D eigenvalue weighted by molar-refractivity contribution is 5.73. The Bertz CT molecular complexity index is 1270. The van der Waals surface area contributed by atoms with Crippen LogP contribution in [0.15, 0.2) is 0 Å². The normalized spacial score (nSPS) is 11.8. The van der Waals surface area contributed by atoms with Gasteiger partial charge in [-0.2, -0.15) is 0 Å². The molecule has 0 aliphatic carbocycles. The second-order valence-electron chi connectivity index (χ2n) is 18.1. The van der Waals surface area contributed by atoms with Gasteiger partial charge in [0.05, 0.1) is 297 Å². The first-order chi connectivity index (χ1) is 40.8. The van der Waals surface area contributed by atoms with E-state index in [9.17, 15) is 9.59 Å². The molecule has 0 aromatic carbocycles. The lowest BCUT2D eigenvalue weighted by Gasteiger charge is -2.19. The first kappa shape index (κ1) is 80.8. The van der Waals surface area contributed by atoms with Crippen LogP contribution in [0.2, 0.25) is 0 Å². The lowest BCUT2D eigenvalue weighted by molar-refractivity contribution is -0.119. The molecule has 0 atom stereocenters. The van der Waals surface area contributed by atoms with Crippen LogP contribution in [-0.4, -0.2) is 328 Å². The molecule has 83 heavy (non-hydrogen) atoms. The van der Waals surface area contributed by atoms with Crippen LogP contribution in [0.4, 0.5) is 4.79 Å². The Morgan fingerprint density at radius 3 is 0.542 bits per heavy atom. The van der Waals surface area contributed by atoms with Gasteiger partial charge in [0.1, 0.15) is 5.60 Å². The van der Waals surface area contributed by atoms with E-state index >= 15 is 0 Å². The Hall–Kier alpha value is -2.18. The van der Waals surface area contributed by atoms with Crippen molar-refractivity contribution >= 4 is 12.0 Å². The van der Waals surface area contributed by atoms with Crippen molar-refractivity contribution in [2.75, 3.05) is 310 Å². The molecule has 0 aliphatic heterocycles. The molecule has 0 rings (SSSR count). The van der Waals surface area contributed by atoms with E-state index < -0.39 is 11.7 Å². The molecule has 0 aromatic rings. The Labute approximate surface area is 494 Å². The summed E-state index contributed by atoms with van der Waals surface area (Å²) in [5, 5.41) is 2.69. The topological polar surface area (TPSA) is 294 Å². The molecule has 0 radical (unpaired) electrons. The van der Waals surface area contributed by atoms with Crippen LogP contribution in [0.25, 0.3) is 0 Å². The van der Waals surface area contributed by atoms with Crippen molar-refractivity contribution in [1.29, 1.82) is 0 Å². The number of rotatable bonds is 73. The summed E-state index contributed by atoms with van der Waals surface area (Å²) < 4.78 is 131. The van der Waals surface area contributed by atoms with Crippen molar-refractivity contribution in [3.8, 4) is 0 Å². The summed E-state index contributed by atoms with van der Waals surface area (Å²) in [6, 6.07) is 0. The SMILES string of the molecule is CC(C)(C)OC(=O)NCCCOCCOCCOCCOCCOCCOCCOCCOCCOCCOCCOCCOCCOCCOCCOCCOCCOCCOCCOCCOCCOCCOCCOCCC(N)=O. The molecular formula is C55H110N2O26. The molecular weight excluding hydrogens is 1100 g/mol. The maximum Gasteiger partial charge on any atom is 0.407 e. The quantitative estimate of drug-likeness (QED) is 0.0808. The van der Waals surface area contributed by atoms with Crippen LogP contribution in [0, 0.1) is 0 Å². The van der Waals surface area contributed by atoms with Crippen LogP contribution >= 0.6 is 0 Å². The summed E-state index contributed by atoms with van der Waals surface area (Å²) in [7, 11) is 0. The van der Waals surface area contributed by atoms with Crippen molar-refractivity contribution in [1.82, 2.24) is 5.32 Å². The summed E-state index contributed by atoms with van der Waals surface area (Å²) in [6.45, 7) is 27.8. The summed E-state index contributed by atoms with van der Waals surface area (Å²) in [4.78, 5) is 22.2. The second-order valence-corrected chi connectivity index (χ2v) is 18.1. The average Bonchev–Trinajstić information content (AvgIpc) is 3.46. The zero-order valence-electron chi connectivity index (χ0n) is 50.8. The number of nitrogens with one attached hydrogen (secondary N) is 1. The lowest BCUT2D eigenvalue weighted by atomic mass is 10.2. The minimum Gasteiger partial charge on any atom is -0.444 e. The van der Waals surface area contributed by atoms with Gasteiger partial charge >= 0.3 is 6.09 Å². The maximum atomic E-state index is 11.6. The van der Waals surface area contributed by atoms with Crippen molar-refractivity contribution in [3.63, 3.8) is 0 Å². The zero-order chi connectivity index (χ0) is 60.0. The molecule has 3 N–H and O–H groups in total. The van der Waals surface area contributed by atoms with Crippen LogP contribution in [0.1, 0.15) is 33.6 Å². The monoisotopic (exact) mass is 1210 g/mol. The Morgan fingerprint density at radius 1 is 0.253 bits per heavy atom. The Kier molecular flexibility index (Phi) is 68.7. The summed E-state index contributed by atoms with van der Waals surface area (Å²) in [5.74, 6) is -0.380. The van der Waals surface area contributed by atoms with Gasteiger partial charge in [-0.1, -0.05) is 0 Å². The van der Waals surface area contributed by atoms with E-state index in [1.807, 2.05) is 20.8 Å². The molecule has 28 heteroatoms. The first-order valence-corrected chi connectivity index (χ1v) is 29.3. The first-order valence-electron chi connectivity index (χ1n) is 29.3. The van der Waals surface area contributed by atoms with E-state index in [1.165, 1.54) is 0 Å². The van der Waals surface area contributed by atoms with Crippen LogP contribution < -0.4 is 11.1 Å². The van der Waals surface area contributed by atoms with Gasteiger partial charge in [0.25, 0.3) is 0 Å². The minimum absolute atomic E-state index is 0.212. The number of amides is 2. The molecule has 2 amide bonds. The number of hydrogen-bond donors (Lipinski definition) is 2. The number of carbonyl (C=O) groups excluding carboxylic acids is 2. The zero-order valence-corrected chi connectivity index (χ0v) is 50.8. The van der Waals surface area contributed by atoms with E-state index in [4.69, 9.17) is 119 Å². The third-order valence-electron chi connectivity index (χ3n) is 9.81. The fourth-order valence-electron chi connectivity index (χ4n) is 5.79. The predicted octanol–water partition coefficient (Wildman–Crippen LogP) is 1.16. The van der Waals surface area contributed by atoms with Crippen LogP contribution in [-0.2, 0) is 118 Å². The van der Waals surface area contributed by atoms with E-state index in [0.717, 1.165) is 0 Å². The van der Waals surface area contributed by atoms with Gasteiger partial charge in [-0.25, -0.2) is 4.79 Å². The molecule has 28 nitrogen and oxygen atoms in total. The predicted molar refractivity (Wildman–Crippen MR) is 302 cm³/mol. The van der Waals surface area contributed by atoms with Crippen molar-refractivity contribution in [2.45, 2.75) is 39.2 Å². The van der Waals surface area contributed by atoms with Gasteiger partial charge in [0.15, 0.2) is 0 Å². The third kappa shape index (κ3) is 77.8. The maximum absolute atomic E-state index is 11.6. The molecule has 0 unspecified atom stereocenters. The average molecular weight is 1220 g/mol. The summed E-state index contributed by atoms with van der Waals surface area (Å²) in [6.07, 6.45) is 0.487. The molecule has 0 heterocycles. The largest absolute Gasteiger partial charge is 0.444 e. The number of primary amides is 1. The fraction of sp³-hybridized carbons (Fsp3) is 0.964. The van der Waals surface area contributed by atoms with Crippen LogP contribution in [0.5, 0.6) is 0 Å². The number of alkyl carbamates (subject to hydrolysis) is 1. The van der Waals surface area contributed by atoms with Crippen molar-refractivity contribution < 1.29 is 123 Å². The Balaban J connectivity index is 3.10. The number of ether oxygens (including phenoxy) is 24. The van der Waals surface area contributed by atoms with Gasteiger partial charge < -0.3 is 125 Å². The number of hydrogen-bond acceptors (Lipinski definition) is 26. The number of carbonyl (C=O) groups is 2. The highest BCUT2D eigenvalue weighted by Crippen LogP contribution is 2.06. The van der Waals surface area contributed by atoms with Crippen molar-refractivity contribution in [2.24, 2.45) is 5.73 Å². The van der Waals surface area contributed by atoms with Crippen LogP contribution in [0.3, 0.4) is 0 Å². The molecule has 0 aliphatic rings. The van der Waals surface area contributed by atoms with E-state index in [0.29, 0.717) is 317 Å². The smallest absolute Gasteiger partial charge is 0.407 e. The Morgan fingerprint density at radius 2 is 0.398 bits per heavy atom. The molecule has 0 saturated carbocycles.